The van der Waals surface area contributed by atoms with Gasteiger partial charge in [-0.2, -0.15) is 0 Å². The number of hydrogen-bond acceptors (Lipinski definition) is 9. The van der Waals surface area contributed by atoms with Gasteiger partial charge in [-0.1, -0.05) is 23.8 Å². The lowest BCUT2D eigenvalue weighted by Gasteiger charge is -2.38. The van der Waals surface area contributed by atoms with Crippen LogP contribution < -0.4 is 4.72 Å². The van der Waals surface area contributed by atoms with E-state index in [1.807, 2.05) is 43.5 Å². The Morgan fingerprint density at radius 2 is 1.59 bits per heavy atom. The fourth-order valence-electron chi connectivity index (χ4n) is 5.79. The zero-order chi connectivity index (χ0) is 36.8. The van der Waals surface area contributed by atoms with Crippen LogP contribution in [0.15, 0.2) is 53.6 Å². The molecule has 14 heteroatoms. The van der Waals surface area contributed by atoms with E-state index in [0.717, 1.165) is 43.6 Å². The van der Waals surface area contributed by atoms with Crippen molar-refractivity contribution in [1.29, 1.82) is 0 Å². The van der Waals surface area contributed by atoms with Crippen molar-refractivity contribution >= 4 is 39.3 Å². The molecule has 1 aliphatic rings. The highest BCUT2D eigenvalue weighted by atomic mass is 32.2. The summed E-state index contributed by atoms with van der Waals surface area (Å²) in [6.45, 7) is 15.0. The minimum absolute atomic E-state index is 0.140. The monoisotopic (exact) mass is 717 g/mol. The molecular weight excluding hydrogens is 671 g/mol. The predicted molar refractivity (Wildman–Crippen MR) is 186 cm³/mol. The molecule has 3 heterocycles. The first-order valence-electron chi connectivity index (χ1n) is 15.9. The van der Waals surface area contributed by atoms with Gasteiger partial charge >= 0.3 is 17.9 Å². The molecule has 3 aromatic rings. The molecule has 49 heavy (non-hydrogen) atoms. The largest absolute Gasteiger partial charge is 0.481 e. The normalized spacial score (nSPS) is 17.0. The minimum atomic E-state index is -3.57. The molecule has 0 amide bonds. The minimum Gasteiger partial charge on any atom is -0.481 e. The highest BCUT2D eigenvalue weighted by molar-refractivity contribution is 7.89. The Morgan fingerprint density at radius 1 is 0.980 bits per heavy atom. The number of carbonyl (C=O) groups is 3. The van der Waals surface area contributed by atoms with E-state index in [1.165, 1.54) is 20.9 Å². The third-order valence-electron chi connectivity index (χ3n) is 9.22. The summed E-state index contributed by atoms with van der Waals surface area (Å²) in [5, 5.41) is 33.8. The maximum Gasteiger partial charge on any atom is 0.336 e. The van der Waals surface area contributed by atoms with Crippen LogP contribution in [0.3, 0.4) is 0 Å². The Morgan fingerprint density at radius 3 is 2.08 bits per heavy atom. The van der Waals surface area contributed by atoms with E-state index in [1.54, 1.807) is 12.1 Å². The van der Waals surface area contributed by atoms with Crippen molar-refractivity contribution in [3.63, 3.8) is 0 Å². The van der Waals surface area contributed by atoms with Gasteiger partial charge in [-0.25, -0.2) is 17.9 Å². The van der Waals surface area contributed by atoms with Crippen LogP contribution in [0.1, 0.15) is 71.7 Å². The highest BCUT2D eigenvalue weighted by Crippen LogP contribution is 2.42. The second-order valence-electron chi connectivity index (χ2n) is 13.5. The molecule has 1 aliphatic heterocycles. The maximum absolute atomic E-state index is 13.2. The third-order valence-corrected chi connectivity index (χ3v) is 11.8. The van der Waals surface area contributed by atoms with Gasteiger partial charge in [0.15, 0.2) is 5.60 Å². The van der Waals surface area contributed by atoms with Crippen molar-refractivity contribution in [2.75, 3.05) is 19.6 Å². The maximum atomic E-state index is 13.2. The molecule has 4 rings (SSSR count). The van der Waals surface area contributed by atoms with Crippen molar-refractivity contribution in [3.8, 4) is 0 Å². The van der Waals surface area contributed by atoms with Gasteiger partial charge in [0.2, 0.25) is 10.0 Å². The molecule has 0 spiro atoms. The third kappa shape index (κ3) is 10.6. The van der Waals surface area contributed by atoms with E-state index >= 15 is 0 Å². The fourth-order valence-corrected chi connectivity index (χ4v) is 8.00. The van der Waals surface area contributed by atoms with E-state index < -0.39 is 46.4 Å². The van der Waals surface area contributed by atoms with E-state index in [4.69, 9.17) is 20.4 Å². The van der Waals surface area contributed by atoms with Gasteiger partial charge in [0.25, 0.3) is 0 Å². The number of nitrogens with zero attached hydrogens (tertiary/aromatic N) is 2. The van der Waals surface area contributed by atoms with Crippen LogP contribution in [-0.2, 0) is 36.4 Å². The van der Waals surface area contributed by atoms with E-state index in [2.05, 4.69) is 60.5 Å². The Balaban J connectivity index is 0.000000425. The van der Waals surface area contributed by atoms with Gasteiger partial charge in [0.1, 0.15) is 0 Å². The summed E-state index contributed by atoms with van der Waals surface area (Å²) in [5.41, 5.74) is 1.52. The van der Waals surface area contributed by atoms with E-state index in [9.17, 15) is 22.8 Å². The van der Waals surface area contributed by atoms with Crippen molar-refractivity contribution in [2.24, 2.45) is 5.41 Å². The Bertz CT molecular complexity index is 1700. The topological polar surface area (TPSA) is 194 Å². The van der Waals surface area contributed by atoms with Gasteiger partial charge in [0.05, 0.1) is 17.7 Å². The molecule has 0 saturated carbocycles. The van der Waals surface area contributed by atoms with Crippen LogP contribution >= 0.6 is 11.3 Å². The first-order valence-corrected chi connectivity index (χ1v) is 18.2. The number of carboxylic acid groups (broad SMARTS) is 3. The highest BCUT2D eigenvalue weighted by Gasteiger charge is 2.44. The number of carboxylic acids is 3. The molecule has 0 aliphatic carbocycles. The van der Waals surface area contributed by atoms with Crippen LogP contribution in [-0.4, -0.2) is 81.9 Å². The predicted octanol–water partition coefficient (Wildman–Crippen LogP) is 4.67. The van der Waals surface area contributed by atoms with Crippen LogP contribution in [0.25, 0.3) is 0 Å². The summed E-state index contributed by atoms with van der Waals surface area (Å²) in [5.74, 6) is -5.02. The van der Waals surface area contributed by atoms with Crippen LogP contribution in [0.5, 0.6) is 0 Å². The lowest BCUT2D eigenvalue weighted by molar-refractivity contribution is -0.170. The van der Waals surface area contributed by atoms with Gasteiger partial charge < -0.3 is 20.4 Å². The number of aryl methyl sites for hydroxylation is 5. The van der Waals surface area contributed by atoms with Gasteiger partial charge in [-0.15, -0.1) is 11.3 Å². The Kier molecular flexibility index (Phi) is 12.9. The average molecular weight is 718 g/mol. The molecule has 1 saturated heterocycles. The lowest BCUT2D eigenvalue weighted by atomic mass is 9.82. The van der Waals surface area contributed by atoms with Crippen molar-refractivity contribution in [1.82, 2.24) is 14.6 Å². The summed E-state index contributed by atoms with van der Waals surface area (Å²) >= 11 is 1.86. The molecule has 0 bridgehead atoms. The zero-order valence-electron chi connectivity index (χ0n) is 28.8. The molecule has 5 N–H and O–H groups in total. The van der Waals surface area contributed by atoms with Crippen molar-refractivity contribution in [3.05, 3.63) is 80.8 Å². The van der Waals surface area contributed by atoms with Gasteiger partial charge in [-0.05, 0) is 108 Å². The standard InChI is InChI=1S/C29H39N3O2S2.C6H8O7/c1-21-7-11-27(12-8-21)36(33,34)31-19-29(14-13-26-17-22(2)24(4)35-26)15-16-32(20-29)28(5,6)25-10-9-23(3)30-18-25;7-3(8)1-6(13,5(11)12)2-4(9)10/h7-12,17-18,31H,13-16,19-20H2,1-6H3;13H,1-2H2,(H,7,8)(H,9,10)(H,11,12)/t29-;/m1./s1. The first-order chi connectivity index (χ1) is 22.7. The number of hydrogen-bond donors (Lipinski definition) is 5. The van der Waals surface area contributed by atoms with Crippen molar-refractivity contribution in [2.45, 2.75) is 89.7 Å². The average Bonchev–Trinajstić information content (AvgIpc) is 3.58. The quantitative estimate of drug-likeness (QED) is 0.156. The number of aliphatic carboxylic acids is 3. The Labute approximate surface area is 291 Å². The summed E-state index contributed by atoms with van der Waals surface area (Å²) in [4.78, 5) is 40.6. The van der Waals surface area contributed by atoms with Crippen LogP contribution in [0, 0.1) is 33.1 Å². The van der Waals surface area contributed by atoms with E-state index in [-0.39, 0.29) is 11.0 Å². The number of likely N-dealkylation sites (tertiary alicyclic amines) is 1. The zero-order valence-corrected chi connectivity index (χ0v) is 30.4. The van der Waals surface area contributed by atoms with E-state index in [0.29, 0.717) is 11.4 Å². The summed E-state index contributed by atoms with van der Waals surface area (Å²) in [6.07, 6.45) is 2.55. The number of aromatic nitrogens is 1. The second-order valence-corrected chi connectivity index (χ2v) is 16.6. The van der Waals surface area contributed by atoms with Gasteiger partial charge in [0, 0.05) is 40.3 Å². The summed E-state index contributed by atoms with van der Waals surface area (Å²) < 4.78 is 29.3. The van der Waals surface area contributed by atoms with Crippen LogP contribution in [0.4, 0.5) is 0 Å². The summed E-state index contributed by atoms with van der Waals surface area (Å²) in [6, 6.07) is 13.6. The smallest absolute Gasteiger partial charge is 0.336 e. The SMILES string of the molecule is Cc1ccc(S(=O)(=O)NC[C@@]2(CCc3cc(C)c(C)s3)CCN(C(C)(C)c3ccc(C)nc3)C2)cc1.O=C(O)CC(O)(CC(=O)O)C(=O)O. The molecule has 268 valence electrons. The molecule has 1 fully saturated rings. The number of thiophene rings is 1. The molecular formula is C35H47N3O9S2. The summed E-state index contributed by atoms with van der Waals surface area (Å²) in [7, 11) is -3.57. The second kappa shape index (κ2) is 15.9. The number of nitrogens with one attached hydrogen (secondary N) is 1. The first kappa shape index (κ1) is 39.7. The molecule has 0 radical (unpaired) electrons. The fraction of sp³-hybridized carbons (Fsp3) is 0.486. The molecule has 1 aromatic carbocycles. The molecule has 2 aromatic heterocycles. The number of pyridine rings is 1. The number of sulfonamides is 1. The molecule has 0 unspecified atom stereocenters. The number of rotatable bonds is 14. The van der Waals surface area contributed by atoms with Crippen LogP contribution in [0.2, 0.25) is 0 Å². The number of benzene rings is 1. The molecule has 12 nitrogen and oxygen atoms in total. The number of aliphatic hydroxyl groups is 1. The Hall–Kier alpha value is -3.69. The van der Waals surface area contributed by atoms with Gasteiger partial charge in [-0.3, -0.25) is 19.5 Å². The molecule has 1 atom stereocenters. The van der Waals surface area contributed by atoms with Crippen molar-refractivity contribution < 1.29 is 43.2 Å². The lowest BCUT2D eigenvalue weighted by Crippen LogP contribution is -2.44.